The van der Waals surface area contributed by atoms with Crippen molar-refractivity contribution in [2.45, 2.75) is 0 Å². The predicted octanol–water partition coefficient (Wildman–Crippen LogP) is 1.86. The van der Waals surface area contributed by atoms with Crippen LogP contribution in [-0.4, -0.2) is 54.2 Å². The van der Waals surface area contributed by atoms with Crippen molar-refractivity contribution >= 4 is 67.6 Å². The molecule has 0 saturated heterocycles. The maximum absolute atomic E-state index is 10.3. The molecule has 1 atom stereocenters. The van der Waals surface area contributed by atoms with Crippen LogP contribution < -0.4 is 4.18 Å². The van der Waals surface area contributed by atoms with Crippen molar-refractivity contribution in [1.29, 1.82) is 0 Å². The second-order valence-electron chi connectivity index (χ2n) is 2.80. The molecule has 0 fully saturated rings. The van der Waals surface area contributed by atoms with Crippen molar-refractivity contribution in [3.05, 3.63) is 42.5 Å². The monoisotopic (exact) mass is 297 g/mol. The van der Waals surface area contributed by atoms with E-state index in [1.807, 2.05) is 30.3 Å². The largest absolute Gasteiger partial charge is 2.00 e. The fraction of sp³-hybridized carbons (Fsp3) is 0. The molecule has 15 heavy (non-hydrogen) atoms. The maximum Gasteiger partial charge on any atom is 2.00 e. The summed E-state index contributed by atoms with van der Waals surface area (Å²) in [4.78, 5) is 0. The summed E-state index contributed by atoms with van der Waals surface area (Å²) in [7, 11) is 0. The van der Waals surface area contributed by atoms with Gasteiger partial charge in [0.05, 0.1) is 0 Å². The number of rotatable bonds is 2. The minimum Gasteiger partial charge on any atom is -1.00 e. The van der Waals surface area contributed by atoms with Crippen LogP contribution in [0.15, 0.2) is 42.5 Å². The van der Waals surface area contributed by atoms with Gasteiger partial charge in [-0.15, -0.1) is 0 Å². The first-order valence-corrected chi connectivity index (χ1v) is 5.02. The van der Waals surface area contributed by atoms with Crippen LogP contribution in [0.5, 0.6) is 5.75 Å². The number of hydrogen-bond donors (Lipinski definition) is 0. The standard InChI is InChI=1S/C10H8O3S.Sr.2H/c11-14(12)13-10-6-5-8-3-1-2-4-9(8)7-10;;;/h1-7H,(H,11,12);;;/q;+2;2*-1/p-1. The van der Waals surface area contributed by atoms with Crippen LogP contribution in [0.3, 0.4) is 0 Å². The molecule has 0 aliphatic heterocycles. The third-order valence-electron chi connectivity index (χ3n) is 1.89. The molecule has 0 aliphatic rings. The van der Waals surface area contributed by atoms with Gasteiger partial charge in [0.2, 0.25) is 0 Å². The Morgan fingerprint density at radius 3 is 2.47 bits per heavy atom. The van der Waals surface area contributed by atoms with Gasteiger partial charge in [-0.25, -0.2) is 4.21 Å². The SMILES string of the molecule is O=S([O-])Oc1ccc2ccccc2c1.[H-].[H-].[Sr+2]. The number of fused-ring (bicyclic) bond motifs is 1. The molecule has 0 bridgehead atoms. The Labute approximate surface area is 130 Å². The quantitative estimate of drug-likeness (QED) is 0.628. The van der Waals surface area contributed by atoms with E-state index in [1.54, 1.807) is 12.1 Å². The zero-order valence-electron chi connectivity index (χ0n) is 9.88. The molecule has 0 saturated carbocycles. The summed E-state index contributed by atoms with van der Waals surface area (Å²) >= 11 is -2.51. The van der Waals surface area contributed by atoms with E-state index in [1.165, 1.54) is 0 Å². The zero-order valence-corrected chi connectivity index (χ0v) is 12.2. The van der Waals surface area contributed by atoms with Crippen molar-refractivity contribution in [3.8, 4) is 5.75 Å². The fourth-order valence-electron chi connectivity index (χ4n) is 1.30. The van der Waals surface area contributed by atoms with E-state index in [9.17, 15) is 8.76 Å². The van der Waals surface area contributed by atoms with Gasteiger partial charge < -0.3 is 11.6 Å². The van der Waals surface area contributed by atoms with Gasteiger partial charge in [0.1, 0.15) is 17.1 Å². The third kappa shape index (κ3) is 3.55. The van der Waals surface area contributed by atoms with Crippen molar-refractivity contribution in [2.75, 3.05) is 0 Å². The van der Waals surface area contributed by atoms with E-state index in [0.717, 1.165) is 10.8 Å². The Balaban J connectivity index is 0. The summed E-state index contributed by atoms with van der Waals surface area (Å²) in [6.45, 7) is 0. The fourth-order valence-corrected chi connectivity index (χ4v) is 1.56. The normalized spacial score (nSPS) is 11.8. The Hall–Kier alpha value is 0.0905. The maximum atomic E-state index is 10.3. The molecule has 0 heterocycles. The Bertz CT molecular complexity index is 496. The van der Waals surface area contributed by atoms with E-state index in [-0.39, 0.29) is 48.3 Å². The summed E-state index contributed by atoms with van der Waals surface area (Å²) in [5.41, 5.74) is 0. The smallest absolute Gasteiger partial charge is 1.00 e. The molecule has 2 rings (SSSR count). The Morgan fingerprint density at radius 1 is 1.13 bits per heavy atom. The van der Waals surface area contributed by atoms with Crippen molar-refractivity contribution in [3.63, 3.8) is 0 Å². The molecule has 2 aromatic carbocycles. The van der Waals surface area contributed by atoms with E-state index in [0.29, 0.717) is 5.75 Å². The second kappa shape index (κ2) is 5.98. The van der Waals surface area contributed by atoms with Crippen LogP contribution in [0.25, 0.3) is 10.8 Å². The van der Waals surface area contributed by atoms with Gasteiger partial charge in [-0.1, -0.05) is 30.3 Å². The molecule has 0 N–H and O–H groups in total. The van der Waals surface area contributed by atoms with Gasteiger partial charge in [-0.05, 0) is 22.9 Å². The zero-order chi connectivity index (χ0) is 9.97. The van der Waals surface area contributed by atoms with Crippen LogP contribution in [-0.2, 0) is 11.4 Å². The molecular formula is C10H9O3SSr-. The summed E-state index contributed by atoms with van der Waals surface area (Å²) in [5, 5.41) is 2.01. The predicted molar refractivity (Wildman–Crippen MR) is 61.5 cm³/mol. The average molecular weight is 297 g/mol. The molecule has 76 valence electrons. The average Bonchev–Trinajstić information content (AvgIpc) is 2.17. The third-order valence-corrected chi connectivity index (χ3v) is 2.21. The Morgan fingerprint density at radius 2 is 1.80 bits per heavy atom. The summed E-state index contributed by atoms with van der Waals surface area (Å²) in [5.74, 6) is 0.331. The van der Waals surface area contributed by atoms with Gasteiger partial charge in [0.15, 0.2) is 0 Å². The van der Waals surface area contributed by atoms with Crippen LogP contribution in [0, 0.1) is 0 Å². The topological polar surface area (TPSA) is 49.4 Å². The molecule has 5 heteroatoms. The van der Waals surface area contributed by atoms with E-state index >= 15 is 0 Å². The summed E-state index contributed by atoms with van der Waals surface area (Å²) < 4.78 is 25.1. The van der Waals surface area contributed by atoms with E-state index in [2.05, 4.69) is 4.18 Å². The molecule has 0 aromatic heterocycles. The molecule has 0 spiro atoms. The van der Waals surface area contributed by atoms with Crippen LogP contribution in [0.2, 0.25) is 0 Å². The summed E-state index contributed by atoms with van der Waals surface area (Å²) in [6.07, 6.45) is 0. The van der Waals surface area contributed by atoms with Crippen LogP contribution >= 0.6 is 0 Å². The van der Waals surface area contributed by atoms with Crippen molar-refractivity contribution in [2.24, 2.45) is 0 Å². The van der Waals surface area contributed by atoms with Gasteiger partial charge in [-0.2, -0.15) is 0 Å². The molecule has 0 amide bonds. The van der Waals surface area contributed by atoms with Gasteiger partial charge in [-0.3, -0.25) is 0 Å². The number of benzene rings is 2. The van der Waals surface area contributed by atoms with Gasteiger partial charge >= 0.3 is 45.5 Å². The minimum atomic E-state index is -2.51. The second-order valence-corrected chi connectivity index (χ2v) is 3.37. The minimum absolute atomic E-state index is 0. The van der Waals surface area contributed by atoms with Crippen LogP contribution in [0.4, 0.5) is 0 Å². The molecular weight excluding hydrogens is 288 g/mol. The van der Waals surface area contributed by atoms with Crippen LogP contribution in [0.1, 0.15) is 2.85 Å². The molecule has 0 aliphatic carbocycles. The first-order valence-electron chi connectivity index (χ1n) is 4.02. The summed E-state index contributed by atoms with van der Waals surface area (Å²) in [6, 6.07) is 12.8. The van der Waals surface area contributed by atoms with Gasteiger partial charge in [0.25, 0.3) is 0 Å². The molecule has 1 unspecified atom stereocenters. The van der Waals surface area contributed by atoms with E-state index in [4.69, 9.17) is 0 Å². The van der Waals surface area contributed by atoms with Crippen molar-refractivity contribution < 1.29 is 15.8 Å². The Kier molecular flexibility index (Phi) is 5.25. The first-order chi connectivity index (χ1) is 6.75. The molecule has 0 radical (unpaired) electrons. The van der Waals surface area contributed by atoms with Gasteiger partial charge in [0, 0.05) is 0 Å². The molecule has 3 nitrogen and oxygen atoms in total. The van der Waals surface area contributed by atoms with Crippen molar-refractivity contribution in [1.82, 2.24) is 0 Å². The number of hydrogen-bond acceptors (Lipinski definition) is 3. The molecule has 2 aromatic rings. The van der Waals surface area contributed by atoms with E-state index < -0.39 is 11.4 Å². The first kappa shape index (κ1) is 13.2.